The quantitative estimate of drug-likeness (QED) is 0.609. The summed E-state index contributed by atoms with van der Waals surface area (Å²) in [5, 5.41) is 6.24. The molecule has 0 saturated carbocycles. The maximum atomic E-state index is 11.8. The van der Waals surface area contributed by atoms with Crippen molar-refractivity contribution in [1.82, 2.24) is 10.6 Å². The van der Waals surface area contributed by atoms with Crippen LogP contribution in [0, 0.1) is 5.92 Å². The van der Waals surface area contributed by atoms with E-state index in [0.717, 1.165) is 5.57 Å². The Morgan fingerprint density at radius 2 is 2.33 bits per heavy atom. The first-order chi connectivity index (χ1) is 7.13. The van der Waals surface area contributed by atoms with Gasteiger partial charge in [0.1, 0.15) is 5.78 Å². The predicted molar refractivity (Wildman–Crippen MR) is 56.5 cm³/mol. The summed E-state index contributed by atoms with van der Waals surface area (Å²) in [4.78, 5) is 23.1. The summed E-state index contributed by atoms with van der Waals surface area (Å²) in [6.45, 7) is 2.25. The van der Waals surface area contributed by atoms with Gasteiger partial charge in [0.15, 0.2) is 5.78 Å². The van der Waals surface area contributed by atoms with E-state index in [-0.39, 0.29) is 29.6 Å². The van der Waals surface area contributed by atoms with Crippen LogP contribution < -0.4 is 10.6 Å². The van der Waals surface area contributed by atoms with E-state index in [2.05, 4.69) is 10.6 Å². The van der Waals surface area contributed by atoms with Crippen molar-refractivity contribution >= 4 is 11.6 Å². The summed E-state index contributed by atoms with van der Waals surface area (Å²) < 4.78 is 0. The maximum Gasteiger partial charge on any atom is 0.155 e. The number of nitrogens with one attached hydrogen (secondary N) is 2. The fourth-order valence-corrected chi connectivity index (χ4v) is 2.44. The fraction of sp³-hybridized carbons (Fsp3) is 0.636. The Bertz CT molecular complexity index is 335. The zero-order chi connectivity index (χ0) is 11.0. The Balaban J connectivity index is 2.25. The highest BCUT2D eigenvalue weighted by Gasteiger charge is 2.37. The summed E-state index contributed by atoms with van der Waals surface area (Å²) in [6.07, 6.45) is 2.46. The number of hydrogen-bond acceptors (Lipinski definition) is 4. The Hall–Kier alpha value is -1.00. The molecule has 0 amide bonds. The van der Waals surface area contributed by atoms with Gasteiger partial charge < -0.3 is 10.6 Å². The van der Waals surface area contributed by atoms with Crippen LogP contribution in [-0.4, -0.2) is 37.2 Å². The van der Waals surface area contributed by atoms with Crippen LogP contribution in [0.4, 0.5) is 0 Å². The molecule has 4 nitrogen and oxygen atoms in total. The molecule has 1 heterocycles. The molecule has 0 radical (unpaired) electrons. The molecule has 3 unspecified atom stereocenters. The van der Waals surface area contributed by atoms with Crippen LogP contribution in [0.25, 0.3) is 0 Å². The lowest BCUT2D eigenvalue weighted by Gasteiger charge is -2.37. The zero-order valence-electron chi connectivity index (χ0n) is 9.04. The molecule has 0 aromatic carbocycles. The van der Waals surface area contributed by atoms with E-state index in [1.165, 1.54) is 0 Å². The van der Waals surface area contributed by atoms with Crippen molar-refractivity contribution < 1.29 is 9.59 Å². The predicted octanol–water partition coefficient (Wildman–Crippen LogP) is -0.349. The molecule has 0 saturated heterocycles. The third kappa shape index (κ3) is 1.75. The van der Waals surface area contributed by atoms with Crippen molar-refractivity contribution in [1.29, 1.82) is 0 Å². The minimum Gasteiger partial charge on any atom is -0.309 e. The summed E-state index contributed by atoms with van der Waals surface area (Å²) in [5.74, 6) is 0.226. The van der Waals surface area contributed by atoms with Crippen LogP contribution in [0.5, 0.6) is 0 Å². The summed E-state index contributed by atoms with van der Waals surface area (Å²) in [5.41, 5.74) is 1.00. The number of carbonyl (C=O) groups excluding carboxylic acids is 2. The molecular weight excluding hydrogens is 192 g/mol. The lowest BCUT2D eigenvalue weighted by molar-refractivity contribution is -0.122. The number of Topliss-reactive ketones (excluding diaryl/α,β-unsaturated/α-hetero) is 2. The second-order valence-electron chi connectivity index (χ2n) is 4.25. The Kier molecular flexibility index (Phi) is 2.71. The molecular formula is C11H16N2O2. The van der Waals surface area contributed by atoms with Gasteiger partial charge in [0.05, 0.1) is 12.0 Å². The number of fused-ring (bicyclic) bond motifs is 1. The largest absolute Gasteiger partial charge is 0.309 e. The van der Waals surface area contributed by atoms with Crippen molar-refractivity contribution in [2.45, 2.75) is 25.4 Å². The summed E-state index contributed by atoms with van der Waals surface area (Å²) in [7, 11) is 1.79. The molecule has 82 valence electrons. The van der Waals surface area contributed by atoms with E-state index in [9.17, 15) is 9.59 Å². The second-order valence-corrected chi connectivity index (χ2v) is 4.25. The van der Waals surface area contributed by atoms with Gasteiger partial charge in [-0.3, -0.25) is 9.59 Å². The lowest BCUT2D eigenvalue weighted by Crippen LogP contribution is -2.57. The number of hydrogen-bond donors (Lipinski definition) is 2. The van der Waals surface area contributed by atoms with E-state index in [4.69, 9.17) is 0 Å². The molecule has 3 atom stereocenters. The van der Waals surface area contributed by atoms with E-state index in [1.807, 2.05) is 6.08 Å². The summed E-state index contributed by atoms with van der Waals surface area (Å²) in [6, 6.07) is -0.0801. The summed E-state index contributed by atoms with van der Waals surface area (Å²) >= 11 is 0. The highest BCUT2D eigenvalue weighted by atomic mass is 16.1. The zero-order valence-corrected chi connectivity index (χ0v) is 9.04. The third-order valence-electron chi connectivity index (χ3n) is 3.28. The maximum absolute atomic E-state index is 11.8. The molecule has 0 aromatic heterocycles. The van der Waals surface area contributed by atoms with Crippen LogP contribution >= 0.6 is 0 Å². The van der Waals surface area contributed by atoms with Gasteiger partial charge in [0.2, 0.25) is 0 Å². The normalized spacial score (nSPS) is 34.9. The van der Waals surface area contributed by atoms with Gasteiger partial charge in [0.25, 0.3) is 0 Å². The molecule has 15 heavy (non-hydrogen) atoms. The SMILES string of the molecule is CNC1C(=O)CC2=CC1NCC2C(C)=O. The topological polar surface area (TPSA) is 58.2 Å². The van der Waals surface area contributed by atoms with Crippen molar-refractivity contribution in [2.24, 2.45) is 5.92 Å². The van der Waals surface area contributed by atoms with Crippen LogP contribution in [0.1, 0.15) is 13.3 Å². The fourth-order valence-electron chi connectivity index (χ4n) is 2.44. The minimum atomic E-state index is -0.137. The van der Waals surface area contributed by atoms with E-state index >= 15 is 0 Å². The smallest absolute Gasteiger partial charge is 0.155 e. The van der Waals surface area contributed by atoms with E-state index < -0.39 is 0 Å². The second kappa shape index (κ2) is 3.87. The van der Waals surface area contributed by atoms with Crippen LogP contribution in [0.3, 0.4) is 0 Å². The Labute approximate surface area is 89.1 Å². The molecule has 4 heteroatoms. The lowest BCUT2D eigenvalue weighted by atomic mass is 9.79. The molecule has 1 aliphatic carbocycles. The van der Waals surface area contributed by atoms with Gasteiger partial charge in [-0.2, -0.15) is 0 Å². The third-order valence-corrected chi connectivity index (χ3v) is 3.28. The van der Waals surface area contributed by atoms with Crippen molar-refractivity contribution in [2.75, 3.05) is 13.6 Å². The standard InChI is InChI=1S/C11H16N2O2/c1-6(14)8-5-13-9-3-7(8)4-10(15)11(9)12-2/h3,8-9,11-13H,4-5H2,1-2H3. The molecule has 0 spiro atoms. The number of likely N-dealkylation sites (N-methyl/N-ethyl adjacent to an activating group) is 1. The monoisotopic (exact) mass is 208 g/mol. The Morgan fingerprint density at radius 1 is 1.60 bits per heavy atom. The van der Waals surface area contributed by atoms with Gasteiger partial charge in [-0.1, -0.05) is 11.6 Å². The molecule has 0 aromatic rings. The average Bonchev–Trinajstić information content (AvgIpc) is 2.17. The molecule has 1 aliphatic heterocycles. The van der Waals surface area contributed by atoms with Gasteiger partial charge in [-0.15, -0.1) is 0 Å². The van der Waals surface area contributed by atoms with Gasteiger partial charge >= 0.3 is 0 Å². The van der Waals surface area contributed by atoms with Crippen LogP contribution in [0.15, 0.2) is 11.6 Å². The molecule has 2 rings (SSSR count). The highest BCUT2D eigenvalue weighted by Crippen LogP contribution is 2.27. The molecule has 2 aliphatic rings. The number of carbonyl (C=O) groups is 2. The van der Waals surface area contributed by atoms with Gasteiger partial charge in [-0.05, 0) is 14.0 Å². The van der Waals surface area contributed by atoms with Crippen LogP contribution in [-0.2, 0) is 9.59 Å². The van der Waals surface area contributed by atoms with E-state index in [0.29, 0.717) is 13.0 Å². The first kappa shape index (κ1) is 10.5. The highest BCUT2D eigenvalue weighted by molar-refractivity contribution is 5.92. The van der Waals surface area contributed by atoms with Gasteiger partial charge in [0, 0.05) is 19.0 Å². The number of ketones is 2. The van der Waals surface area contributed by atoms with Crippen LogP contribution in [0.2, 0.25) is 0 Å². The molecule has 2 bridgehead atoms. The van der Waals surface area contributed by atoms with Crippen molar-refractivity contribution in [3.8, 4) is 0 Å². The Morgan fingerprint density at radius 3 is 2.93 bits per heavy atom. The first-order valence-electron chi connectivity index (χ1n) is 5.28. The van der Waals surface area contributed by atoms with Crippen molar-refractivity contribution in [3.05, 3.63) is 11.6 Å². The van der Waals surface area contributed by atoms with Crippen molar-refractivity contribution in [3.63, 3.8) is 0 Å². The van der Waals surface area contributed by atoms with E-state index in [1.54, 1.807) is 14.0 Å². The minimum absolute atomic E-state index is 0.0573. The number of rotatable bonds is 2. The molecule has 2 N–H and O–H groups in total. The first-order valence-corrected chi connectivity index (χ1v) is 5.28. The van der Waals surface area contributed by atoms with Gasteiger partial charge in [-0.25, -0.2) is 0 Å². The average molecular weight is 208 g/mol. The molecule has 0 fully saturated rings.